The third kappa shape index (κ3) is 5.30. The van der Waals surface area contributed by atoms with E-state index in [9.17, 15) is 5.11 Å². The van der Waals surface area contributed by atoms with Crippen LogP contribution in [0.1, 0.15) is 31.1 Å². The van der Waals surface area contributed by atoms with E-state index in [4.69, 9.17) is 16.3 Å². The maximum atomic E-state index is 10.2. The molecule has 1 atom stereocenters. The predicted molar refractivity (Wildman–Crippen MR) is 88.1 cm³/mol. The van der Waals surface area contributed by atoms with Crippen LogP contribution in [0, 0.1) is 0 Å². The minimum atomic E-state index is -0.587. The molecule has 118 valence electrons. The van der Waals surface area contributed by atoms with E-state index in [1.807, 2.05) is 44.2 Å². The number of hydrogen-bond donors (Lipinski definition) is 2. The van der Waals surface area contributed by atoms with E-state index in [2.05, 4.69) is 10.3 Å². The van der Waals surface area contributed by atoms with E-state index in [1.54, 1.807) is 12.3 Å². The number of hydrogen-bond acceptors (Lipinski definition) is 4. The van der Waals surface area contributed by atoms with Gasteiger partial charge in [0.15, 0.2) is 0 Å². The first kappa shape index (κ1) is 16.7. The van der Waals surface area contributed by atoms with Gasteiger partial charge in [0.2, 0.25) is 0 Å². The highest BCUT2D eigenvalue weighted by molar-refractivity contribution is 6.29. The summed E-state index contributed by atoms with van der Waals surface area (Å²) in [5.41, 5.74) is 1.85. The van der Waals surface area contributed by atoms with E-state index in [0.717, 1.165) is 16.9 Å². The molecule has 0 amide bonds. The molecule has 0 aliphatic carbocycles. The van der Waals surface area contributed by atoms with Crippen molar-refractivity contribution in [3.63, 3.8) is 0 Å². The summed E-state index contributed by atoms with van der Waals surface area (Å²) >= 11 is 5.74. The lowest BCUT2D eigenvalue weighted by molar-refractivity contribution is 0.173. The maximum absolute atomic E-state index is 10.2. The lowest BCUT2D eigenvalue weighted by atomic mass is 10.1. The number of aliphatic hydroxyl groups excluding tert-OH is 1. The van der Waals surface area contributed by atoms with Gasteiger partial charge in [0, 0.05) is 19.3 Å². The van der Waals surface area contributed by atoms with E-state index >= 15 is 0 Å². The predicted octanol–water partition coefficient (Wildman–Crippen LogP) is 3.35. The fourth-order valence-corrected chi connectivity index (χ4v) is 2.16. The first-order chi connectivity index (χ1) is 10.5. The molecule has 0 radical (unpaired) electrons. The quantitative estimate of drug-likeness (QED) is 0.768. The van der Waals surface area contributed by atoms with Crippen molar-refractivity contribution in [1.29, 1.82) is 0 Å². The largest absolute Gasteiger partial charge is 0.491 e. The number of halogens is 1. The number of aliphatic hydroxyl groups is 1. The van der Waals surface area contributed by atoms with Crippen molar-refractivity contribution in [2.24, 2.45) is 0 Å². The van der Waals surface area contributed by atoms with Gasteiger partial charge in [-0.1, -0.05) is 29.8 Å². The number of ether oxygens (including phenoxy) is 1. The second-order valence-corrected chi connectivity index (χ2v) is 5.76. The molecule has 2 rings (SSSR count). The van der Waals surface area contributed by atoms with E-state index in [0.29, 0.717) is 18.2 Å². The van der Waals surface area contributed by atoms with Gasteiger partial charge in [-0.25, -0.2) is 4.98 Å². The molecule has 4 nitrogen and oxygen atoms in total. The summed E-state index contributed by atoms with van der Waals surface area (Å²) in [6, 6.07) is 11.2. The average molecular weight is 321 g/mol. The fourth-order valence-electron chi connectivity index (χ4n) is 2.05. The van der Waals surface area contributed by atoms with E-state index in [-0.39, 0.29) is 6.10 Å². The molecule has 1 unspecified atom stereocenters. The topological polar surface area (TPSA) is 54.4 Å². The third-order valence-electron chi connectivity index (χ3n) is 3.07. The monoisotopic (exact) mass is 320 g/mol. The molecule has 22 heavy (non-hydrogen) atoms. The zero-order chi connectivity index (χ0) is 15.9. The minimum Gasteiger partial charge on any atom is -0.491 e. The molecule has 0 bridgehead atoms. The highest BCUT2D eigenvalue weighted by Crippen LogP contribution is 2.20. The smallest absolute Gasteiger partial charge is 0.129 e. The summed E-state index contributed by atoms with van der Waals surface area (Å²) in [5, 5.41) is 13.9. The Morgan fingerprint density at radius 1 is 1.27 bits per heavy atom. The SMILES string of the molecule is CC(C)Oc1cccc(C(O)CNCc2ccc(Cl)nc2)c1. The number of benzene rings is 1. The molecule has 0 aliphatic heterocycles. The molecule has 2 N–H and O–H groups in total. The van der Waals surface area contributed by atoms with Crippen LogP contribution in [-0.2, 0) is 6.54 Å². The Morgan fingerprint density at radius 3 is 2.77 bits per heavy atom. The maximum Gasteiger partial charge on any atom is 0.129 e. The lowest BCUT2D eigenvalue weighted by Gasteiger charge is -2.15. The van der Waals surface area contributed by atoms with Crippen molar-refractivity contribution in [3.05, 3.63) is 58.9 Å². The molecule has 0 saturated carbocycles. The Kier molecular flexibility index (Phi) is 6.19. The van der Waals surface area contributed by atoms with Gasteiger partial charge in [0.05, 0.1) is 12.2 Å². The molecule has 2 aromatic rings. The zero-order valence-corrected chi connectivity index (χ0v) is 13.5. The molecule has 1 heterocycles. The molecule has 1 aromatic heterocycles. The van der Waals surface area contributed by atoms with E-state index < -0.39 is 6.10 Å². The van der Waals surface area contributed by atoms with Crippen LogP contribution in [0.25, 0.3) is 0 Å². The van der Waals surface area contributed by atoms with Gasteiger partial charge < -0.3 is 15.2 Å². The highest BCUT2D eigenvalue weighted by Gasteiger charge is 2.09. The zero-order valence-electron chi connectivity index (χ0n) is 12.8. The molecule has 5 heteroatoms. The van der Waals surface area contributed by atoms with Gasteiger partial charge in [-0.05, 0) is 43.2 Å². The van der Waals surface area contributed by atoms with Crippen LogP contribution >= 0.6 is 11.6 Å². The van der Waals surface area contributed by atoms with Crippen LogP contribution in [-0.4, -0.2) is 22.7 Å². The summed E-state index contributed by atoms with van der Waals surface area (Å²) < 4.78 is 5.64. The van der Waals surface area contributed by atoms with Crippen molar-refractivity contribution in [3.8, 4) is 5.75 Å². The molecule has 0 fully saturated rings. The first-order valence-corrected chi connectivity index (χ1v) is 7.68. The molecule has 0 aliphatic rings. The second-order valence-electron chi connectivity index (χ2n) is 5.37. The van der Waals surface area contributed by atoms with Gasteiger partial charge >= 0.3 is 0 Å². The number of rotatable bonds is 7. The standard InChI is InChI=1S/C17H21ClN2O2/c1-12(2)22-15-5-3-4-14(8-15)16(21)11-19-9-13-6-7-17(18)20-10-13/h3-8,10,12,16,19,21H,9,11H2,1-2H3. The fraction of sp³-hybridized carbons (Fsp3) is 0.353. The minimum absolute atomic E-state index is 0.114. The van der Waals surface area contributed by atoms with Crippen LogP contribution < -0.4 is 10.1 Å². The average Bonchev–Trinajstić information content (AvgIpc) is 2.49. The molecule has 0 spiro atoms. The Morgan fingerprint density at radius 2 is 2.09 bits per heavy atom. The number of pyridine rings is 1. The van der Waals surface area contributed by atoms with Crippen LogP contribution in [0.15, 0.2) is 42.6 Å². The Bertz CT molecular complexity index is 587. The van der Waals surface area contributed by atoms with Crippen molar-refractivity contribution < 1.29 is 9.84 Å². The van der Waals surface area contributed by atoms with Gasteiger partial charge in [0.25, 0.3) is 0 Å². The lowest BCUT2D eigenvalue weighted by Crippen LogP contribution is -2.21. The van der Waals surface area contributed by atoms with Crippen LogP contribution in [0.5, 0.6) is 5.75 Å². The van der Waals surface area contributed by atoms with Crippen LogP contribution in [0.3, 0.4) is 0 Å². The number of nitrogens with zero attached hydrogens (tertiary/aromatic N) is 1. The van der Waals surface area contributed by atoms with Gasteiger partial charge in [-0.3, -0.25) is 0 Å². The number of nitrogens with one attached hydrogen (secondary N) is 1. The summed E-state index contributed by atoms with van der Waals surface area (Å²) in [4.78, 5) is 4.02. The highest BCUT2D eigenvalue weighted by atomic mass is 35.5. The normalized spacial score (nSPS) is 12.4. The summed E-state index contributed by atoms with van der Waals surface area (Å²) in [6.07, 6.45) is 1.25. The summed E-state index contributed by atoms with van der Waals surface area (Å²) in [7, 11) is 0. The Labute approximate surface area is 136 Å². The third-order valence-corrected chi connectivity index (χ3v) is 3.29. The van der Waals surface area contributed by atoms with E-state index in [1.165, 1.54) is 0 Å². The van der Waals surface area contributed by atoms with Crippen molar-refractivity contribution in [2.75, 3.05) is 6.54 Å². The van der Waals surface area contributed by atoms with Gasteiger partial charge in [0.1, 0.15) is 10.9 Å². The second kappa shape index (κ2) is 8.13. The van der Waals surface area contributed by atoms with Gasteiger partial charge in [-0.15, -0.1) is 0 Å². The van der Waals surface area contributed by atoms with Crippen LogP contribution in [0.2, 0.25) is 5.15 Å². The molecule has 1 aromatic carbocycles. The molecular formula is C17H21ClN2O2. The summed E-state index contributed by atoms with van der Waals surface area (Å²) in [5.74, 6) is 0.772. The Balaban J connectivity index is 1.86. The Hall–Kier alpha value is -1.62. The molecule has 0 saturated heterocycles. The van der Waals surface area contributed by atoms with Crippen molar-refractivity contribution in [2.45, 2.75) is 32.6 Å². The first-order valence-electron chi connectivity index (χ1n) is 7.30. The summed E-state index contributed by atoms with van der Waals surface area (Å²) in [6.45, 7) is 5.03. The number of aromatic nitrogens is 1. The van der Waals surface area contributed by atoms with Gasteiger partial charge in [-0.2, -0.15) is 0 Å². The molecular weight excluding hydrogens is 300 g/mol. The van der Waals surface area contributed by atoms with Crippen LogP contribution in [0.4, 0.5) is 0 Å². The van der Waals surface area contributed by atoms with Crippen molar-refractivity contribution in [1.82, 2.24) is 10.3 Å². The van der Waals surface area contributed by atoms with Crippen molar-refractivity contribution >= 4 is 11.6 Å².